The van der Waals surface area contributed by atoms with Crippen molar-refractivity contribution < 1.29 is 4.74 Å². The van der Waals surface area contributed by atoms with Crippen molar-refractivity contribution in [3.63, 3.8) is 0 Å². The maximum atomic E-state index is 6.25. The maximum Gasteiger partial charge on any atom is 0.0947 e. The van der Waals surface area contributed by atoms with E-state index in [0.717, 1.165) is 19.6 Å². The fraction of sp³-hybridized carbons (Fsp3) is 0.824. The molecule has 1 spiro atoms. The summed E-state index contributed by atoms with van der Waals surface area (Å²) in [6.45, 7) is 4.09. The molecule has 1 saturated heterocycles. The number of hydrogen-bond donors (Lipinski definition) is 1. The van der Waals surface area contributed by atoms with Crippen molar-refractivity contribution in [2.75, 3.05) is 13.2 Å². The fourth-order valence-electron chi connectivity index (χ4n) is 4.22. The van der Waals surface area contributed by atoms with Gasteiger partial charge in [0.1, 0.15) is 0 Å². The largest absolute Gasteiger partial charge is 0.375 e. The monoisotopic (exact) mass is 291 g/mol. The average molecular weight is 291 g/mol. The molecule has 118 valence electrons. The number of aryl methyl sites for hydroxylation is 1. The summed E-state index contributed by atoms with van der Waals surface area (Å²) in [4.78, 5) is 4.60. The molecular formula is C17H29N3O. The highest BCUT2D eigenvalue weighted by Crippen LogP contribution is 2.44. The van der Waals surface area contributed by atoms with Crippen LogP contribution in [0.4, 0.5) is 0 Å². The Hall–Kier alpha value is -0.870. The van der Waals surface area contributed by atoms with Crippen LogP contribution in [0.25, 0.3) is 0 Å². The topological polar surface area (TPSA) is 39.1 Å². The van der Waals surface area contributed by atoms with Gasteiger partial charge in [0.15, 0.2) is 0 Å². The highest BCUT2D eigenvalue weighted by Gasteiger charge is 2.41. The van der Waals surface area contributed by atoms with Gasteiger partial charge in [0, 0.05) is 19.9 Å². The van der Waals surface area contributed by atoms with E-state index in [1.165, 1.54) is 44.2 Å². The van der Waals surface area contributed by atoms with Gasteiger partial charge in [-0.25, -0.2) is 4.98 Å². The molecule has 0 aromatic carbocycles. The Bertz CT molecular complexity index is 445. The normalized spacial score (nSPS) is 26.9. The smallest absolute Gasteiger partial charge is 0.0947 e. The number of ether oxygens (including phenoxy) is 1. The van der Waals surface area contributed by atoms with Crippen molar-refractivity contribution in [3.8, 4) is 0 Å². The van der Waals surface area contributed by atoms with Crippen molar-refractivity contribution in [1.29, 1.82) is 0 Å². The minimum Gasteiger partial charge on any atom is -0.375 e. The summed E-state index contributed by atoms with van der Waals surface area (Å²) in [5.41, 5.74) is 1.36. The van der Waals surface area contributed by atoms with E-state index in [4.69, 9.17) is 4.74 Å². The first kappa shape index (κ1) is 15.0. The molecular weight excluding hydrogens is 262 g/mol. The molecule has 2 aliphatic rings. The number of aromatic nitrogens is 2. The van der Waals surface area contributed by atoms with Crippen LogP contribution in [0.2, 0.25) is 0 Å². The summed E-state index contributed by atoms with van der Waals surface area (Å²) < 4.78 is 8.30. The Morgan fingerprint density at radius 1 is 1.43 bits per heavy atom. The molecule has 2 fully saturated rings. The maximum absolute atomic E-state index is 6.25. The van der Waals surface area contributed by atoms with Crippen LogP contribution in [0.1, 0.15) is 63.6 Å². The second-order valence-corrected chi connectivity index (χ2v) is 6.84. The Morgan fingerprint density at radius 3 is 2.90 bits per heavy atom. The Morgan fingerprint density at radius 2 is 2.24 bits per heavy atom. The van der Waals surface area contributed by atoms with Gasteiger partial charge >= 0.3 is 0 Å². The first-order valence-corrected chi connectivity index (χ1v) is 8.58. The van der Waals surface area contributed by atoms with Crippen LogP contribution >= 0.6 is 0 Å². The summed E-state index contributed by atoms with van der Waals surface area (Å²) in [6.07, 6.45) is 13.0. The molecule has 4 nitrogen and oxygen atoms in total. The van der Waals surface area contributed by atoms with Gasteiger partial charge in [0.25, 0.3) is 0 Å². The molecule has 1 saturated carbocycles. The molecule has 2 unspecified atom stereocenters. The van der Waals surface area contributed by atoms with E-state index < -0.39 is 0 Å². The third-order valence-electron chi connectivity index (χ3n) is 5.23. The van der Waals surface area contributed by atoms with Gasteiger partial charge in [-0.05, 0) is 38.1 Å². The lowest BCUT2D eigenvalue weighted by molar-refractivity contribution is -0.122. The average Bonchev–Trinajstić information content (AvgIpc) is 2.92. The third kappa shape index (κ3) is 3.32. The highest BCUT2D eigenvalue weighted by atomic mass is 16.5. The van der Waals surface area contributed by atoms with Gasteiger partial charge in [0.2, 0.25) is 0 Å². The molecule has 4 heteroatoms. The molecule has 1 aliphatic carbocycles. The van der Waals surface area contributed by atoms with Gasteiger partial charge in [-0.2, -0.15) is 0 Å². The number of nitrogens with zero attached hydrogens (tertiary/aromatic N) is 2. The molecule has 0 bridgehead atoms. The zero-order valence-electron chi connectivity index (χ0n) is 13.5. The lowest BCUT2D eigenvalue weighted by atomic mass is 9.73. The number of hydrogen-bond acceptors (Lipinski definition) is 3. The molecule has 0 amide bonds. The van der Waals surface area contributed by atoms with E-state index in [-0.39, 0.29) is 5.60 Å². The summed E-state index contributed by atoms with van der Waals surface area (Å²) >= 11 is 0. The molecule has 1 aromatic heterocycles. The molecule has 2 heterocycles. The van der Waals surface area contributed by atoms with E-state index in [9.17, 15) is 0 Å². The fourth-order valence-corrected chi connectivity index (χ4v) is 4.22. The SMILES string of the molecule is CCNC(c1cn(C)cn1)C1CCOC2(CCCCC2)C1. The minimum atomic E-state index is 0.170. The van der Waals surface area contributed by atoms with E-state index in [1.807, 2.05) is 13.4 Å². The minimum absolute atomic E-state index is 0.170. The van der Waals surface area contributed by atoms with Gasteiger partial charge in [-0.15, -0.1) is 0 Å². The van der Waals surface area contributed by atoms with Crippen LogP contribution < -0.4 is 5.32 Å². The zero-order chi connectivity index (χ0) is 14.7. The quantitative estimate of drug-likeness (QED) is 0.926. The van der Waals surface area contributed by atoms with Gasteiger partial charge < -0.3 is 14.6 Å². The first-order chi connectivity index (χ1) is 10.2. The van der Waals surface area contributed by atoms with E-state index in [1.54, 1.807) is 0 Å². The first-order valence-electron chi connectivity index (χ1n) is 8.58. The summed E-state index contributed by atoms with van der Waals surface area (Å²) in [6, 6.07) is 0.374. The lowest BCUT2D eigenvalue weighted by Crippen LogP contribution is -2.45. The number of nitrogens with one attached hydrogen (secondary N) is 1. The molecule has 1 aliphatic heterocycles. The summed E-state index contributed by atoms with van der Waals surface area (Å²) in [7, 11) is 2.05. The number of rotatable bonds is 4. The van der Waals surface area contributed by atoms with Gasteiger partial charge in [-0.3, -0.25) is 0 Å². The van der Waals surface area contributed by atoms with Crippen molar-refractivity contribution in [2.45, 2.75) is 63.5 Å². The lowest BCUT2D eigenvalue weighted by Gasteiger charge is -2.45. The Kier molecular flexibility index (Phi) is 4.65. The predicted molar refractivity (Wildman–Crippen MR) is 84.1 cm³/mol. The second-order valence-electron chi connectivity index (χ2n) is 6.84. The van der Waals surface area contributed by atoms with Crippen LogP contribution in [0.3, 0.4) is 0 Å². The van der Waals surface area contributed by atoms with Gasteiger partial charge in [0.05, 0.1) is 23.7 Å². The molecule has 1 N–H and O–H groups in total. The van der Waals surface area contributed by atoms with Crippen molar-refractivity contribution in [3.05, 3.63) is 18.2 Å². The summed E-state index contributed by atoms with van der Waals surface area (Å²) in [5, 5.41) is 3.67. The van der Waals surface area contributed by atoms with E-state index in [0.29, 0.717) is 12.0 Å². The molecule has 21 heavy (non-hydrogen) atoms. The van der Waals surface area contributed by atoms with Crippen LogP contribution in [0.5, 0.6) is 0 Å². The molecule has 1 aromatic rings. The second kappa shape index (κ2) is 6.49. The van der Waals surface area contributed by atoms with Gasteiger partial charge in [-0.1, -0.05) is 26.2 Å². The van der Waals surface area contributed by atoms with Crippen molar-refractivity contribution in [2.24, 2.45) is 13.0 Å². The van der Waals surface area contributed by atoms with Crippen LogP contribution in [-0.2, 0) is 11.8 Å². The van der Waals surface area contributed by atoms with E-state index >= 15 is 0 Å². The highest BCUT2D eigenvalue weighted by molar-refractivity contribution is 5.07. The third-order valence-corrected chi connectivity index (χ3v) is 5.23. The van der Waals surface area contributed by atoms with E-state index in [2.05, 4.69) is 28.0 Å². The standard InChI is InChI=1S/C17H29N3O/c1-3-18-16(15-12-20(2)13-19-15)14-7-10-21-17(11-14)8-5-4-6-9-17/h12-14,16,18H,3-11H2,1-2H3. The zero-order valence-corrected chi connectivity index (χ0v) is 13.5. The van der Waals surface area contributed by atoms with Crippen molar-refractivity contribution in [1.82, 2.24) is 14.9 Å². The number of imidazole rings is 1. The molecule has 2 atom stereocenters. The predicted octanol–water partition coefficient (Wildman–Crippen LogP) is 3.20. The van der Waals surface area contributed by atoms with Crippen LogP contribution in [0.15, 0.2) is 12.5 Å². The molecule has 3 rings (SSSR count). The van der Waals surface area contributed by atoms with Crippen LogP contribution in [0, 0.1) is 5.92 Å². The molecule has 0 radical (unpaired) electrons. The Balaban J connectivity index is 1.75. The van der Waals surface area contributed by atoms with Crippen LogP contribution in [-0.4, -0.2) is 28.3 Å². The Labute approximate surface area is 128 Å². The van der Waals surface area contributed by atoms with Crippen molar-refractivity contribution >= 4 is 0 Å². The summed E-state index contributed by atoms with van der Waals surface area (Å²) in [5.74, 6) is 0.645.